The van der Waals surface area contributed by atoms with Crippen molar-refractivity contribution in [2.24, 2.45) is 0 Å². The van der Waals surface area contributed by atoms with Gasteiger partial charge in [-0.25, -0.2) is 4.98 Å². The monoisotopic (exact) mass is 321 g/mol. The number of nitrogens with one attached hydrogen (secondary N) is 3. The van der Waals surface area contributed by atoms with Crippen LogP contribution < -0.4 is 15.6 Å². The molecule has 2 aromatic heterocycles. The Bertz CT molecular complexity index is 670. The molecule has 0 bridgehead atoms. The molecule has 3 N–H and O–H groups in total. The molecule has 0 spiro atoms. The van der Waals surface area contributed by atoms with Crippen molar-refractivity contribution in [3.8, 4) is 0 Å². The summed E-state index contributed by atoms with van der Waals surface area (Å²) < 4.78 is 4.61. The van der Waals surface area contributed by atoms with Crippen LogP contribution in [0.5, 0.6) is 0 Å². The molecule has 0 aromatic carbocycles. The number of carbonyl (C=O) groups is 2. The van der Waals surface area contributed by atoms with Crippen LogP contribution in [0.1, 0.15) is 35.9 Å². The lowest BCUT2D eigenvalue weighted by Gasteiger charge is -2.07. The zero-order chi connectivity index (χ0) is 15.9. The van der Waals surface area contributed by atoms with E-state index in [4.69, 9.17) is 0 Å². The van der Waals surface area contributed by atoms with Gasteiger partial charge in [0.25, 0.3) is 5.91 Å². The topological polar surface area (TPSA) is 87.5 Å². The summed E-state index contributed by atoms with van der Waals surface area (Å²) in [5.41, 5.74) is 6.45. The maximum atomic E-state index is 12.2. The van der Waals surface area contributed by atoms with Crippen molar-refractivity contribution in [3.63, 3.8) is 0 Å². The van der Waals surface area contributed by atoms with E-state index in [-0.39, 0.29) is 5.24 Å². The van der Waals surface area contributed by atoms with Gasteiger partial charge in [-0.2, -0.15) is 0 Å². The first-order chi connectivity index (χ1) is 10.6. The number of carbonyl (C=O) groups excluding carboxylic acids is 2. The largest absolute Gasteiger partial charge is 0.312 e. The molecule has 0 radical (unpaired) electrons. The average molecular weight is 321 g/mol. The first-order valence-corrected chi connectivity index (χ1v) is 7.88. The number of hydrogen-bond donors (Lipinski definition) is 3. The Hall–Kier alpha value is -2.06. The molecule has 22 heavy (non-hydrogen) atoms. The summed E-state index contributed by atoms with van der Waals surface area (Å²) in [4.78, 5) is 28.1. The lowest BCUT2D eigenvalue weighted by atomic mass is 10.3. The van der Waals surface area contributed by atoms with Gasteiger partial charge in [0, 0.05) is 24.7 Å². The number of hydrazine groups is 1. The molecule has 2 aromatic rings. The van der Waals surface area contributed by atoms with Gasteiger partial charge in [-0.1, -0.05) is 19.4 Å². The summed E-state index contributed by atoms with van der Waals surface area (Å²) in [6, 6.07) is 5.48. The number of unbranched alkanes of at least 4 members (excludes halogenated alkanes) is 1. The minimum atomic E-state index is -0.404. The summed E-state index contributed by atoms with van der Waals surface area (Å²) in [5, 5.41) is -0.365. The minimum absolute atomic E-state index is 0.365. The number of hydrogen-bond acceptors (Lipinski definition) is 5. The Morgan fingerprint density at radius 1 is 1.32 bits per heavy atom. The average Bonchev–Trinajstić information content (AvgIpc) is 2.85. The van der Waals surface area contributed by atoms with Crippen LogP contribution in [0.25, 0.3) is 5.65 Å². The Morgan fingerprint density at radius 3 is 2.91 bits per heavy atom. The molecule has 2 rings (SSSR count). The number of fused-ring (bicyclic) bond motifs is 1. The molecule has 8 heteroatoms. The van der Waals surface area contributed by atoms with Crippen LogP contribution >= 0.6 is 11.9 Å². The van der Waals surface area contributed by atoms with Crippen molar-refractivity contribution in [1.29, 1.82) is 0 Å². The highest BCUT2D eigenvalue weighted by atomic mass is 32.2. The first kappa shape index (κ1) is 16.3. The van der Waals surface area contributed by atoms with Crippen molar-refractivity contribution in [2.75, 3.05) is 6.54 Å². The number of aromatic nitrogens is 2. The SMILES string of the molecule is CCCCNSC(=O)NNC(=O)c1c(C)nc2ccccn12. The van der Waals surface area contributed by atoms with Gasteiger partial charge < -0.3 is 0 Å². The van der Waals surface area contributed by atoms with Gasteiger partial charge in [0.1, 0.15) is 11.3 Å². The van der Waals surface area contributed by atoms with Gasteiger partial charge in [-0.05, 0) is 25.5 Å². The second kappa shape index (κ2) is 7.81. The van der Waals surface area contributed by atoms with Crippen LogP contribution in [0, 0.1) is 6.92 Å². The fourth-order valence-electron chi connectivity index (χ4n) is 1.95. The molecule has 0 atom stereocenters. The third-order valence-corrected chi connectivity index (χ3v) is 3.63. The Kier molecular flexibility index (Phi) is 5.79. The van der Waals surface area contributed by atoms with Gasteiger partial charge in [-0.3, -0.25) is 29.6 Å². The van der Waals surface area contributed by atoms with Gasteiger partial charge >= 0.3 is 5.24 Å². The highest BCUT2D eigenvalue weighted by Gasteiger charge is 2.16. The number of imidazole rings is 1. The zero-order valence-electron chi connectivity index (χ0n) is 12.5. The minimum Gasteiger partial charge on any atom is -0.295 e. The molecule has 0 saturated carbocycles. The van der Waals surface area contributed by atoms with E-state index in [0.29, 0.717) is 17.0 Å². The summed E-state index contributed by atoms with van der Waals surface area (Å²) in [6.45, 7) is 4.57. The van der Waals surface area contributed by atoms with Crippen LogP contribution in [-0.4, -0.2) is 27.1 Å². The smallest absolute Gasteiger partial charge is 0.295 e. The summed E-state index contributed by atoms with van der Waals surface area (Å²) in [7, 11) is 0. The predicted octanol–water partition coefficient (Wildman–Crippen LogP) is 2.04. The van der Waals surface area contributed by atoms with Crippen LogP contribution in [-0.2, 0) is 0 Å². The Morgan fingerprint density at radius 2 is 2.14 bits per heavy atom. The molecular weight excluding hydrogens is 302 g/mol. The van der Waals surface area contributed by atoms with E-state index >= 15 is 0 Å². The fraction of sp³-hybridized carbons (Fsp3) is 0.357. The van der Waals surface area contributed by atoms with Crippen LogP contribution in [0.15, 0.2) is 24.4 Å². The third-order valence-electron chi connectivity index (χ3n) is 2.99. The summed E-state index contributed by atoms with van der Waals surface area (Å²) in [6.07, 6.45) is 3.81. The number of rotatable bonds is 5. The number of aryl methyl sites for hydroxylation is 1. The number of nitrogens with zero attached hydrogens (tertiary/aromatic N) is 2. The van der Waals surface area contributed by atoms with Crippen molar-refractivity contribution in [2.45, 2.75) is 26.7 Å². The molecule has 0 aliphatic heterocycles. The predicted molar refractivity (Wildman–Crippen MR) is 86.4 cm³/mol. The lowest BCUT2D eigenvalue weighted by molar-refractivity contribution is 0.0932. The van der Waals surface area contributed by atoms with E-state index in [1.165, 1.54) is 0 Å². The Labute approximate surface area is 133 Å². The maximum Gasteiger partial charge on any atom is 0.312 e. The van der Waals surface area contributed by atoms with E-state index < -0.39 is 5.91 Å². The number of pyridine rings is 1. The second-order valence-corrected chi connectivity index (χ2v) is 5.55. The maximum absolute atomic E-state index is 12.2. The second-order valence-electron chi connectivity index (χ2n) is 4.69. The first-order valence-electron chi connectivity index (χ1n) is 7.07. The molecule has 0 aliphatic rings. The molecular formula is C14H19N5O2S. The summed E-state index contributed by atoms with van der Waals surface area (Å²) >= 11 is 0.926. The normalized spacial score (nSPS) is 10.6. The molecule has 0 saturated heterocycles. The molecule has 7 nitrogen and oxygen atoms in total. The molecule has 118 valence electrons. The van der Waals surface area contributed by atoms with E-state index in [0.717, 1.165) is 31.3 Å². The standard InChI is InChI=1S/C14H19N5O2S/c1-3-4-8-15-22-14(21)18-17-13(20)12-10(2)16-11-7-5-6-9-19(11)12/h5-7,9,15H,3-4,8H2,1-2H3,(H,17,20)(H,18,21). The van der Waals surface area contributed by atoms with Gasteiger partial charge in [-0.15, -0.1) is 0 Å². The molecule has 0 aliphatic carbocycles. The van der Waals surface area contributed by atoms with Crippen LogP contribution in [0.4, 0.5) is 4.79 Å². The van der Waals surface area contributed by atoms with Crippen molar-refractivity contribution < 1.29 is 9.59 Å². The highest BCUT2D eigenvalue weighted by Crippen LogP contribution is 2.11. The van der Waals surface area contributed by atoms with Crippen molar-refractivity contribution >= 4 is 28.7 Å². The quantitative estimate of drug-likeness (QED) is 0.445. The molecule has 2 heterocycles. The third kappa shape index (κ3) is 3.99. The van der Waals surface area contributed by atoms with Crippen molar-refractivity contribution in [3.05, 3.63) is 35.8 Å². The molecule has 0 fully saturated rings. The number of amides is 2. The van der Waals surface area contributed by atoms with Gasteiger partial charge in [0.05, 0.1) is 5.69 Å². The lowest BCUT2D eigenvalue weighted by Crippen LogP contribution is -2.41. The van der Waals surface area contributed by atoms with Crippen molar-refractivity contribution in [1.82, 2.24) is 25.0 Å². The van der Waals surface area contributed by atoms with E-state index in [9.17, 15) is 9.59 Å². The molecule has 0 unspecified atom stereocenters. The summed E-state index contributed by atoms with van der Waals surface area (Å²) in [5.74, 6) is -0.404. The van der Waals surface area contributed by atoms with Crippen LogP contribution in [0.2, 0.25) is 0 Å². The fourth-order valence-corrected chi connectivity index (χ4v) is 2.42. The van der Waals surface area contributed by atoms with E-state index in [2.05, 4.69) is 27.5 Å². The zero-order valence-corrected chi connectivity index (χ0v) is 13.4. The van der Waals surface area contributed by atoms with E-state index in [1.54, 1.807) is 17.5 Å². The highest BCUT2D eigenvalue weighted by molar-refractivity contribution is 8.11. The van der Waals surface area contributed by atoms with Gasteiger partial charge in [0.15, 0.2) is 0 Å². The Balaban J connectivity index is 1.91. The van der Waals surface area contributed by atoms with E-state index in [1.807, 2.05) is 18.2 Å². The van der Waals surface area contributed by atoms with Crippen LogP contribution in [0.3, 0.4) is 0 Å². The molecule has 2 amide bonds. The van der Waals surface area contributed by atoms with Gasteiger partial charge in [0.2, 0.25) is 0 Å².